The Balaban J connectivity index is 0.000000861. The van der Waals surface area contributed by atoms with E-state index in [2.05, 4.69) is 0 Å². The molecular formula is C16H17NO2. The molecule has 3 nitrogen and oxygen atoms in total. The van der Waals surface area contributed by atoms with Crippen molar-refractivity contribution < 1.29 is 9.59 Å². The highest BCUT2D eigenvalue weighted by atomic mass is 16.1. The molecule has 0 atom stereocenters. The summed E-state index contributed by atoms with van der Waals surface area (Å²) in [6, 6.07) is 15.3. The lowest BCUT2D eigenvalue weighted by atomic mass is 10.0. The molecular weight excluding hydrogens is 238 g/mol. The Hall–Kier alpha value is -2.42. The second-order valence-corrected chi connectivity index (χ2v) is 3.64. The molecule has 0 aliphatic heterocycles. The van der Waals surface area contributed by atoms with E-state index < -0.39 is 5.91 Å². The fraction of sp³-hybridized carbons (Fsp3) is 0.125. The van der Waals surface area contributed by atoms with Crippen LogP contribution in [0.15, 0.2) is 54.6 Å². The summed E-state index contributed by atoms with van der Waals surface area (Å²) < 4.78 is 0. The predicted octanol–water partition coefficient (Wildman–Crippen LogP) is 3.04. The molecule has 2 aromatic rings. The van der Waals surface area contributed by atoms with Crippen LogP contribution in [0.4, 0.5) is 0 Å². The third-order valence-electron chi connectivity index (χ3n) is 2.47. The van der Waals surface area contributed by atoms with Gasteiger partial charge in [0.05, 0.1) is 0 Å². The van der Waals surface area contributed by atoms with Crippen molar-refractivity contribution >= 4 is 11.7 Å². The van der Waals surface area contributed by atoms with E-state index in [1.54, 1.807) is 36.4 Å². The van der Waals surface area contributed by atoms with E-state index in [1.807, 2.05) is 32.0 Å². The highest BCUT2D eigenvalue weighted by molar-refractivity contribution is 6.09. The molecule has 0 bridgehead atoms. The zero-order chi connectivity index (χ0) is 14.3. The highest BCUT2D eigenvalue weighted by Gasteiger charge is 2.08. The van der Waals surface area contributed by atoms with Gasteiger partial charge in [-0.15, -0.1) is 0 Å². The Morgan fingerprint density at radius 2 is 1.16 bits per heavy atom. The van der Waals surface area contributed by atoms with Crippen LogP contribution in [0, 0.1) is 0 Å². The second kappa shape index (κ2) is 7.11. The molecule has 0 aliphatic carbocycles. The van der Waals surface area contributed by atoms with Gasteiger partial charge in [0.15, 0.2) is 5.78 Å². The van der Waals surface area contributed by atoms with Crippen LogP contribution in [0.2, 0.25) is 0 Å². The first-order valence-corrected chi connectivity index (χ1v) is 6.18. The number of carbonyl (C=O) groups is 2. The third-order valence-corrected chi connectivity index (χ3v) is 2.47. The van der Waals surface area contributed by atoms with Crippen LogP contribution in [-0.2, 0) is 0 Å². The minimum Gasteiger partial charge on any atom is -0.366 e. The standard InChI is InChI=1S/C14H11NO2.C2H6/c15-14(17)12-8-6-11(7-9-12)13(16)10-4-2-1-3-5-10;1-2/h1-9H,(H2,15,17);1-2H3. The average Bonchev–Trinajstić information content (AvgIpc) is 2.49. The van der Waals surface area contributed by atoms with Gasteiger partial charge in [-0.05, 0) is 12.1 Å². The van der Waals surface area contributed by atoms with E-state index in [0.717, 1.165) is 0 Å². The normalized spacial score (nSPS) is 9.16. The number of hydrogen-bond donors (Lipinski definition) is 1. The first kappa shape index (κ1) is 14.6. The van der Waals surface area contributed by atoms with Gasteiger partial charge in [-0.2, -0.15) is 0 Å². The van der Waals surface area contributed by atoms with Crippen LogP contribution >= 0.6 is 0 Å². The van der Waals surface area contributed by atoms with Crippen LogP contribution in [0.1, 0.15) is 40.1 Å². The summed E-state index contributed by atoms with van der Waals surface area (Å²) in [4.78, 5) is 22.9. The highest BCUT2D eigenvalue weighted by Crippen LogP contribution is 2.10. The molecule has 0 fully saturated rings. The number of primary amides is 1. The van der Waals surface area contributed by atoms with Gasteiger partial charge in [-0.3, -0.25) is 9.59 Å². The van der Waals surface area contributed by atoms with Crippen LogP contribution in [0.5, 0.6) is 0 Å². The molecule has 0 heterocycles. The van der Waals surface area contributed by atoms with E-state index in [-0.39, 0.29) is 5.78 Å². The molecule has 1 amide bonds. The molecule has 2 N–H and O–H groups in total. The van der Waals surface area contributed by atoms with Crippen molar-refractivity contribution in [2.45, 2.75) is 13.8 Å². The molecule has 0 aliphatic rings. The molecule has 2 rings (SSSR count). The van der Waals surface area contributed by atoms with Crippen molar-refractivity contribution in [2.24, 2.45) is 5.73 Å². The van der Waals surface area contributed by atoms with Crippen molar-refractivity contribution in [2.75, 3.05) is 0 Å². The molecule has 0 spiro atoms. The number of amides is 1. The van der Waals surface area contributed by atoms with Gasteiger partial charge in [-0.25, -0.2) is 0 Å². The van der Waals surface area contributed by atoms with Crippen LogP contribution in [0.3, 0.4) is 0 Å². The summed E-state index contributed by atoms with van der Waals surface area (Å²) in [6.07, 6.45) is 0. The van der Waals surface area contributed by atoms with Crippen molar-refractivity contribution in [3.8, 4) is 0 Å². The maximum Gasteiger partial charge on any atom is 0.248 e. The largest absolute Gasteiger partial charge is 0.366 e. The maximum atomic E-state index is 12.0. The van der Waals surface area contributed by atoms with Crippen molar-refractivity contribution in [1.29, 1.82) is 0 Å². The SMILES string of the molecule is CC.NC(=O)c1ccc(C(=O)c2ccccc2)cc1. The topological polar surface area (TPSA) is 60.2 Å². The lowest BCUT2D eigenvalue weighted by Crippen LogP contribution is -2.11. The summed E-state index contributed by atoms with van der Waals surface area (Å²) in [6.45, 7) is 4.00. The molecule has 2 aromatic carbocycles. The monoisotopic (exact) mass is 255 g/mol. The zero-order valence-electron chi connectivity index (χ0n) is 11.1. The van der Waals surface area contributed by atoms with Crippen LogP contribution in [0.25, 0.3) is 0 Å². The molecule has 3 heteroatoms. The minimum atomic E-state index is -0.497. The van der Waals surface area contributed by atoms with Gasteiger partial charge >= 0.3 is 0 Å². The second-order valence-electron chi connectivity index (χ2n) is 3.64. The van der Waals surface area contributed by atoms with Gasteiger partial charge in [0, 0.05) is 16.7 Å². The smallest absolute Gasteiger partial charge is 0.248 e. The molecule has 0 unspecified atom stereocenters. The Morgan fingerprint density at radius 3 is 1.63 bits per heavy atom. The summed E-state index contributed by atoms with van der Waals surface area (Å²) in [5, 5.41) is 0. The molecule has 0 aromatic heterocycles. The lowest BCUT2D eigenvalue weighted by molar-refractivity contribution is 0.0997. The van der Waals surface area contributed by atoms with E-state index in [9.17, 15) is 9.59 Å². The van der Waals surface area contributed by atoms with Crippen LogP contribution < -0.4 is 5.73 Å². The number of carbonyl (C=O) groups excluding carboxylic acids is 2. The van der Waals surface area contributed by atoms with E-state index in [0.29, 0.717) is 16.7 Å². The van der Waals surface area contributed by atoms with Crippen molar-refractivity contribution in [3.05, 3.63) is 71.3 Å². The Morgan fingerprint density at radius 1 is 0.737 bits per heavy atom. The fourth-order valence-electron chi connectivity index (χ4n) is 1.54. The van der Waals surface area contributed by atoms with E-state index in [1.165, 1.54) is 0 Å². The summed E-state index contributed by atoms with van der Waals surface area (Å²) >= 11 is 0. The number of rotatable bonds is 3. The Kier molecular flexibility index (Phi) is 5.48. The van der Waals surface area contributed by atoms with Gasteiger partial charge in [-0.1, -0.05) is 56.3 Å². The Labute approximate surface area is 113 Å². The number of nitrogens with two attached hydrogens (primary N) is 1. The maximum absolute atomic E-state index is 12.0. The first-order valence-electron chi connectivity index (χ1n) is 6.18. The first-order chi connectivity index (χ1) is 9.18. The third kappa shape index (κ3) is 3.78. The van der Waals surface area contributed by atoms with Crippen LogP contribution in [-0.4, -0.2) is 11.7 Å². The van der Waals surface area contributed by atoms with Gasteiger partial charge in [0.25, 0.3) is 0 Å². The lowest BCUT2D eigenvalue weighted by Gasteiger charge is -2.01. The molecule has 19 heavy (non-hydrogen) atoms. The van der Waals surface area contributed by atoms with E-state index in [4.69, 9.17) is 5.73 Å². The minimum absolute atomic E-state index is 0.0679. The average molecular weight is 255 g/mol. The summed E-state index contributed by atoms with van der Waals surface area (Å²) in [5.41, 5.74) is 6.69. The molecule has 0 saturated heterocycles. The van der Waals surface area contributed by atoms with Gasteiger partial charge < -0.3 is 5.73 Å². The molecule has 0 saturated carbocycles. The van der Waals surface area contributed by atoms with Gasteiger partial charge in [0.1, 0.15) is 0 Å². The fourth-order valence-corrected chi connectivity index (χ4v) is 1.54. The molecule has 98 valence electrons. The number of hydrogen-bond acceptors (Lipinski definition) is 2. The van der Waals surface area contributed by atoms with Crippen molar-refractivity contribution in [1.82, 2.24) is 0 Å². The summed E-state index contributed by atoms with van der Waals surface area (Å²) in [5.74, 6) is -0.565. The van der Waals surface area contributed by atoms with Crippen molar-refractivity contribution in [3.63, 3.8) is 0 Å². The quantitative estimate of drug-likeness (QED) is 0.857. The van der Waals surface area contributed by atoms with E-state index >= 15 is 0 Å². The van der Waals surface area contributed by atoms with Gasteiger partial charge in [0.2, 0.25) is 5.91 Å². The zero-order valence-corrected chi connectivity index (χ0v) is 11.1. The Bertz CT molecular complexity index is 545. The number of ketones is 1. The predicted molar refractivity (Wildman–Crippen MR) is 76.2 cm³/mol. The summed E-state index contributed by atoms with van der Waals surface area (Å²) in [7, 11) is 0. The number of benzene rings is 2. The molecule has 0 radical (unpaired) electrons.